The van der Waals surface area contributed by atoms with Gasteiger partial charge < -0.3 is 5.32 Å². The summed E-state index contributed by atoms with van der Waals surface area (Å²) >= 11 is 0. The van der Waals surface area contributed by atoms with Crippen LogP contribution < -0.4 is 10.9 Å². The highest BCUT2D eigenvalue weighted by Crippen LogP contribution is 2.25. The van der Waals surface area contributed by atoms with Crippen molar-refractivity contribution >= 4 is 17.0 Å². The van der Waals surface area contributed by atoms with Crippen molar-refractivity contribution < 1.29 is 4.39 Å². The first-order chi connectivity index (χ1) is 12.2. The average molecular weight is 338 g/mol. The van der Waals surface area contributed by atoms with Crippen molar-refractivity contribution in [3.05, 3.63) is 52.7 Å². The van der Waals surface area contributed by atoms with Gasteiger partial charge in [-0.25, -0.2) is 9.37 Å². The number of benzene rings is 1. The van der Waals surface area contributed by atoms with Crippen LogP contribution in [0.5, 0.6) is 0 Å². The van der Waals surface area contributed by atoms with Crippen molar-refractivity contribution in [3.63, 3.8) is 0 Å². The van der Waals surface area contributed by atoms with Crippen LogP contribution in [0.1, 0.15) is 32.1 Å². The molecular formula is C19H19FN4O. The second-order valence-electron chi connectivity index (χ2n) is 6.46. The van der Waals surface area contributed by atoms with Gasteiger partial charge in [-0.1, -0.05) is 31.4 Å². The van der Waals surface area contributed by atoms with E-state index in [4.69, 9.17) is 0 Å². The third-order valence-electron chi connectivity index (χ3n) is 4.71. The zero-order valence-corrected chi connectivity index (χ0v) is 13.8. The molecule has 0 aliphatic heterocycles. The second-order valence-corrected chi connectivity index (χ2v) is 6.46. The highest BCUT2D eigenvalue weighted by Gasteiger charge is 2.16. The minimum Gasteiger partial charge on any atom is -0.353 e. The van der Waals surface area contributed by atoms with E-state index in [0.717, 1.165) is 18.4 Å². The van der Waals surface area contributed by atoms with Crippen LogP contribution in [-0.2, 0) is 0 Å². The summed E-state index contributed by atoms with van der Waals surface area (Å²) in [7, 11) is 0. The second kappa shape index (κ2) is 6.63. The fourth-order valence-electron chi connectivity index (χ4n) is 3.44. The Hall–Kier alpha value is -2.76. The Balaban J connectivity index is 1.75. The first-order valence-corrected chi connectivity index (χ1v) is 8.62. The zero-order valence-electron chi connectivity index (χ0n) is 13.8. The summed E-state index contributed by atoms with van der Waals surface area (Å²) in [6.45, 7) is 0. The maximum absolute atomic E-state index is 13.2. The number of nitrogens with zero attached hydrogens (tertiary/aromatic N) is 2. The molecule has 3 aromatic rings. The van der Waals surface area contributed by atoms with Crippen molar-refractivity contribution in [2.24, 2.45) is 0 Å². The Bertz CT molecular complexity index is 946. The topological polar surface area (TPSA) is 70.7 Å². The molecule has 2 N–H and O–H groups in total. The minimum absolute atomic E-state index is 0.240. The van der Waals surface area contributed by atoms with Crippen LogP contribution in [-0.4, -0.2) is 21.0 Å². The van der Waals surface area contributed by atoms with E-state index in [1.165, 1.54) is 31.4 Å². The largest absolute Gasteiger partial charge is 0.353 e. The molecule has 2 heterocycles. The summed E-state index contributed by atoms with van der Waals surface area (Å²) in [5.74, 6) is 0.154. The van der Waals surface area contributed by atoms with E-state index in [9.17, 15) is 9.18 Å². The molecule has 0 unspecified atom stereocenters. The number of aromatic nitrogens is 3. The van der Waals surface area contributed by atoms with Crippen LogP contribution in [0.4, 0.5) is 10.3 Å². The molecule has 0 bridgehead atoms. The SMILES string of the molecule is O=c1[nH]c(NC2CCCCC2)nc2nccc(-c3ccc(F)cc3)c12. The Morgan fingerprint density at radius 3 is 2.60 bits per heavy atom. The van der Waals surface area contributed by atoms with Crippen LogP contribution in [0.15, 0.2) is 41.3 Å². The molecule has 1 aromatic carbocycles. The number of rotatable bonds is 3. The van der Waals surface area contributed by atoms with Gasteiger partial charge in [-0.05, 0) is 42.2 Å². The van der Waals surface area contributed by atoms with Crippen molar-refractivity contribution in [2.45, 2.75) is 38.1 Å². The third kappa shape index (κ3) is 3.24. The van der Waals surface area contributed by atoms with Gasteiger partial charge in [0.05, 0.1) is 5.39 Å². The number of H-pyrrole nitrogens is 1. The van der Waals surface area contributed by atoms with E-state index >= 15 is 0 Å². The molecule has 5 nitrogen and oxygen atoms in total. The quantitative estimate of drug-likeness (QED) is 0.760. The number of aromatic amines is 1. The van der Waals surface area contributed by atoms with Crippen molar-refractivity contribution in [1.29, 1.82) is 0 Å². The van der Waals surface area contributed by atoms with Gasteiger partial charge in [0.2, 0.25) is 5.95 Å². The lowest BCUT2D eigenvalue weighted by Crippen LogP contribution is -2.25. The van der Waals surface area contributed by atoms with Crippen LogP contribution in [0.3, 0.4) is 0 Å². The predicted molar refractivity (Wildman–Crippen MR) is 96.0 cm³/mol. The zero-order chi connectivity index (χ0) is 17.2. The van der Waals surface area contributed by atoms with Gasteiger partial charge in [-0.15, -0.1) is 0 Å². The molecule has 0 radical (unpaired) electrons. The van der Waals surface area contributed by atoms with E-state index in [2.05, 4.69) is 20.3 Å². The summed E-state index contributed by atoms with van der Waals surface area (Å²) in [5.41, 5.74) is 1.61. The molecule has 0 amide bonds. The Kier molecular flexibility index (Phi) is 4.17. The van der Waals surface area contributed by atoms with Crippen molar-refractivity contribution in [3.8, 4) is 11.1 Å². The molecule has 1 saturated carbocycles. The molecule has 25 heavy (non-hydrogen) atoms. The number of anilines is 1. The lowest BCUT2D eigenvalue weighted by molar-refractivity contribution is 0.461. The lowest BCUT2D eigenvalue weighted by atomic mass is 9.96. The van der Waals surface area contributed by atoms with Gasteiger partial charge in [0.1, 0.15) is 5.82 Å². The molecule has 0 atom stereocenters. The van der Waals surface area contributed by atoms with Gasteiger partial charge >= 0.3 is 0 Å². The number of hydrogen-bond acceptors (Lipinski definition) is 4. The number of hydrogen-bond donors (Lipinski definition) is 2. The average Bonchev–Trinajstić information content (AvgIpc) is 2.63. The van der Waals surface area contributed by atoms with Crippen molar-refractivity contribution in [2.75, 3.05) is 5.32 Å². The van der Waals surface area contributed by atoms with E-state index in [1.54, 1.807) is 24.4 Å². The van der Waals surface area contributed by atoms with Gasteiger partial charge in [0.15, 0.2) is 5.65 Å². The Morgan fingerprint density at radius 2 is 1.84 bits per heavy atom. The number of fused-ring (bicyclic) bond motifs is 1. The predicted octanol–water partition coefficient (Wildman–Crippen LogP) is 3.87. The number of halogens is 1. The van der Waals surface area contributed by atoms with Gasteiger partial charge in [0, 0.05) is 12.2 Å². The molecule has 128 valence electrons. The summed E-state index contributed by atoms with van der Waals surface area (Å²) in [5, 5.41) is 3.74. The van der Waals surface area contributed by atoms with Crippen LogP contribution in [0.25, 0.3) is 22.2 Å². The monoisotopic (exact) mass is 338 g/mol. The highest BCUT2D eigenvalue weighted by molar-refractivity contribution is 5.92. The maximum Gasteiger partial charge on any atom is 0.262 e. The summed E-state index contributed by atoms with van der Waals surface area (Å²) < 4.78 is 13.2. The van der Waals surface area contributed by atoms with Crippen LogP contribution in [0, 0.1) is 5.82 Å². The summed E-state index contributed by atoms with van der Waals surface area (Å²) in [4.78, 5) is 24.2. The first-order valence-electron chi connectivity index (χ1n) is 8.62. The molecule has 1 fully saturated rings. The smallest absolute Gasteiger partial charge is 0.262 e. The van der Waals surface area contributed by atoms with E-state index in [-0.39, 0.29) is 11.4 Å². The van der Waals surface area contributed by atoms with E-state index in [0.29, 0.717) is 28.6 Å². The first kappa shape index (κ1) is 15.7. The third-order valence-corrected chi connectivity index (χ3v) is 4.71. The number of pyridine rings is 1. The molecule has 6 heteroatoms. The molecule has 1 aliphatic carbocycles. The molecule has 0 saturated heterocycles. The number of nitrogens with one attached hydrogen (secondary N) is 2. The summed E-state index contributed by atoms with van der Waals surface area (Å²) in [6, 6.07) is 8.15. The minimum atomic E-state index is -0.312. The molecule has 2 aromatic heterocycles. The lowest BCUT2D eigenvalue weighted by Gasteiger charge is -2.22. The van der Waals surface area contributed by atoms with E-state index < -0.39 is 0 Å². The summed E-state index contributed by atoms with van der Waals surface area (Å²) in [6.07, 6.45) is 7.46. The van der Waals surface area contributed by atoms with Gasteiger partial charge in [-0.2, -0.15) is 4.98 Å². The van der Waals surface area contributed by atoms with Gasteiger partial charge in [-0.3, -0.25) is 9.78 Å². The standard InChI is InChI=1S/C19H19FN4O/c20-13-8-6-12(7-9-13)15-10-11-21-17-16(15)18(25)24-19(23-17)22-14-4-2-1-3-5-14/h6-11,14H,1-5H2,(H2,21,22,23,24,25). The fraction of sp³-hybridized carbons (Fsp3) is 0.316. The van der Waals surface area contributed by atoms with E-state index in [1.807, 2.05) is 0 Å². The van der Waals surface area contributed by atoms with Gasteiger partial charge in [0.25, 0.3) is 5.56 Å². The molecule has 4 rings (SSSR count). The van der Waals surface area contributed by atoms with Crippen LogP contribution >= 0.6 is 0 Å². The molecule has 0 spiro atoms. The Labute approximate surface area is 144 Å². The van der Waals surface area contributed by atoms with Crippen LogP contribution in [0.2, 0.25) is 0 Å². The molecular weight excluding hydrogens is 319 g/mol. The van der Waals surface area contributed by atoms with Crippen molar-refractivity contribution in [1.82, 2.24) is 15.0 Å². The highest BCUT2D eigenvalue weighted by atomic mass is 19.1. The maximum atomic E-state index is 13.2. The Morgan fingerprint density at radius 1 is 1.08 bits per heavy atom. The normalized spacial score (nSPS) is 15.4. The fourth-order valence-corrected chi connectivity index (χ4v) is 3.44. The molecule has 1 aliphatic rings.